The summed E-state index contributed by atoms with van der Waals surface area (Å²) in [5.41, 5.74) is 6.63. The Labute approximate surface area is 284 Å². The third kappa shape index (κ3) is 7.23. The SMILES string of the molecule is COC(=O)[C@@H](OC(C)(C)C)c1c(C)cc2nc3cn2c1N1CCC(C)(CC1)OCCOC[C@H](C)Oc1ccc(C)cc1-c1cccc-3c1. The first-order valence-corrected chi connectivity index (χ1v) is 17.0. The number of imidazole rings is 1. The van der Waals surface area contributed by atoms with Gasteiger partial charge in [0, 0.05) is 36.0 Å². The molecular formula is C39H49N3O6. The first-order valence-electron chi connectivity index (χ1n) is 17.0. The van der Waals surface area contributed by atoms with E-state index < -0.39 is 17.7 Å². The molecule has 256 valence electrons. The number of pyridine rings is 1. The van der Waals surface area contributed by atoms with E-state index in [9.17, 15) is 4.79 Å². The van der Waals surface area contributed by atoms with Crippen molar-refractivity contribution in [3.63, 3.8) is 0 Å². The van der Waals surface area contributed by atoms with E-state index in [1.807, 2.05) is 46.8 Å². The number of methoxy groups -OCH3 is 1. The number of nitrogens with zero attached hydrogens (tertiary/aromatic N) is 3. The minimum Gasteiger partial charge on any atom is -0.488 e. The molecule has 2 aromatic carbocycles. The number of anilines is 1. The smallest absolute Gasteiger partial charge is 0.339 e. The van der Waals surface area contributed by atoms with Crippen LogP contribution >= 0.6 is 0 Å². The van der Waals surface area contributed by atoms with Crippen LogP contribution in [0.5, 0.6) is 5.75 Å². The third-order valence-corrected chi connectivity index (χ3v) is 9.21. The van der Waals surface area contributed by atoms with E-state index in [2.05, 4.69) is 65.7 Å². The molecule has 0 unspecified atom stereocenters. The van der Waals surface area contributed by atoms with Crippen LogP contribution in [0.1, 0.15) is 70.3 Å². The van der Waals surface area contributed by atoms with E-state index >= 15 is 0 Å². The standard InChI is InChI=1S/C39H49N3O6/c1-25-12-13-32-30(20-25)28-10-9-11-29(22-28)31-23-42-33(40-31)21-26(2)34(35(37(43)44-8)48-38(4,5)6)36(42)41-16-14-39(7,15-17-41)46-19-18-45-24-27(3)47-32/h9-13,20-23,27,35H,14-19,24H2,1-8H3/t27-,35-/m0/s1. The van der Waals surface area contributed by atoms with E-state index in [1.165, 1.54) is 7.11 Å². The van der Waals surface area contributed by atoms with Crippen LogP contribution in [0.25, 0.3) is 28.0 Å². The summed E-state index contributed by atoms with van der Waals surface area (Å²) in [6, 6.07) is 16.7. The first-order chi connectivity index (χ1) is 22.8. The zero-order valence-corrected chi connectivity index (χ0v) is 29.6. The second-order valence-corrected chi connectivity index (χ2v) is 14.4. The molecule has 5 heterocycles. The molecule has 2 atom stereocenters. The summed E-state index contributed by atoms with van der Waals surface area (Å²) in [4.78, 5) is 20.9. The fourth-order valence-electron chi connectivity index (χ4n) is 6.72. The second kappa shape index (κ2) is 13.5. The molecule has 6 bridgehead atoms. The number of fused-ring (bicyclic) bond motifs is 8. The summed E-state index contributed by atoms with van der Waals surface area (Å²) in [5.74, 6) is 1.27. The number of carbonyl (C=O) groups excluding carboxylic acids is 1. The van der Waals surface area contributed by atoms with Crippen LogP contribution in [0.15, 0.2) is 54.7 Å². The lowest BCUT2D eigenvalue weighted by Crippen LogP contribution is -2.46. The maximum atomic E-state index is 13.4. The lowest BCUT2D eigenvalue weighted by Gasteiger charge is -2.41. The topological polar surface area (TPSA) is 83.8 Å². The van der Waals surface area contributed by atoms with Gasteiger partial charge in [0.15, 0.2) is 6.10 Å². The van der Waals surface area contributed by atoms with Crippen LogP contribution < -0.4 is 9.64 Å². The highest BCUT2D eigenvalue weighted by Crippen LogP contribution is 2.40. The Morgan fingerprint density at radius 2 is 1.79 bits per heavy atom. The van der Waals surface area contributed by atoms with Gasteiger partial charge in [0.05, 0.1) is 43.8 Å². The minimum absolute atomic E-state index is 0.135. The molecule has 0 spiro atoms. The van der Waals surface area contributed by atoms with Crippen LogP contribution in [0.2, 0.25) is 0 Å². The van der Waals surface area contributed by atoms with Crippen molar-refractivity contribution in [3.05, 3.63) is 71.4 Å². The number of carbonyl (C=O) groups is 1. The molecule has 0 radical (unpaired) electrons. The van der Waals surface area contributed by atoms with Gasteiger partial charge < -0.3 is 28.6 Å². The van der Waals surface area contributed by atoms with Gasteiger partial charge in [-0.05, 0) is 96.7 Å². The largest absolute Gasteiger partial charge is 0.488 e. The number of aryl methyl sites for hydroxylation is 2. The molecular weight excluding hydrogens is 606 g/mol. The highest BCUT2D eigenvalue weighted by atomic mass is 16.6. The molecule has 48 heavy (non-hydrogen) atoms. The van der Waals surface area contributed by atoms with Gasteiger partial charge in [-0.25, -0.2) is 9.78 Å². The monoisotopic (exact) mass is 655 g/mol. The number of rotatable bonds is 3. The first kappa shape index (κ1) is 34.0. The van der Waals surface area contributed by atoms with Gasteiger partial charge in [0.2, 0.25) is 0 Å². The van der Waals surface area contributed by atoms with Crippen LogP contribution in [-0.2, 0) is 23.7 Å². The average Bonchev–Trinajstić information content (AvgIpc) is 3.47. The van der Waals surface area contributed by atoms with Crippen molar-refractivity contribution >= 4 is 17.4 Å². The highest BCUT2D eigenvalue weighted by Gasteiger charge is 2.37. The van der Waals surface area contributed by atoms with Gasteiger partial charge in [-0.3, -0.25) is 4.40 Å². The van der Waals surface area contributed by atoms with Crippen LogP contribution in [0.4, 0.5) is 5.82 Å². The van der Waals surface area contributed by atoms with Crippen molar-refractivity contribution in [1.82, 2.24) is 9.38 Å². The van der Waals surface area contributed by atoms with Crippen LogP contribution in [0, 0.1) is 13.8 Å². The van der Waals surface area contributed by atoms with Crippen molar-refractivity contribution in [3.8, 4) is 28.1 Å². The number of ether oxygens (including phenoxy) is 5. The van der Waals surface area contributed by atoms with Crippen molar-refractivity contribution in [2.45, 2.75) is 84.7 Å². The van der Waals surface area contributed by atoms with Gasteiger partial charge in [-0.1, -0.05) is 29.8 Å². The fourth-order valence-corrected chi connectivity index (χ4v) is 6.72. The second-order valence-electron chi connectivity index (χ2n) is 14.4. The van der Waals surface area contributed by atoms with E-state index in [0.29, 0.717) is 19.8 Å². The molecule has 1 saturated heterocycles. The number of hydrogen-bond donors (Lipinski definition) is 0. The van der Waals surface area contributed by atoms with Gasteiger partial charge in [0.1, 0.15) is 23.3 Å². The Hall–Kier alpha value is -3.92. The fraction of sp³-hybridized carbons (Fsp3) is 0.487. The van der Waals surface area contributed by atoms with Crippen molar-refractivity contribution in [2.75, 3.05) is 44.9 Å². The van der Waals surface area contributed by atoms with E-state index in [-0.39, 0.29) is 11.7 Å². The quantitative estimate of drug-likeness (QED) is 0.166. The summed E-state index contributed by atoms with van der Waals surface area (Å²) in [5, 5.41) is 0. The highest BCUT2D eigenvalue weighted by molar-refractivity contribution is 5.82. The number of aromatic nitrogens is 2. The Balaban J connectivity index is 1.54. The van der Waals surface area contributed by atoms with Crippen LogP contribution in [0.3, 0.4) is 0 Å². The predicted octanol–water partition coefficient (Wildman–Crippen LogP) is 7.49. The molecule has 3 aliphatic heterocycles. The summed E-state index contributed by atoms with van der Waals surface area (Å²) in [6.45, 7) is 17.1. The Morgan fingerprint density at radius 1 is 1.04 bits per heavy atom. The van der Waals surface area contributed by atoms with Crippen molar-refractivity contribution < 1.29 is 28.5 Å². The van der Waals surface area contributed by atoms with E-state index in [4.69, 9.17) is 28.7 Å². The summed E-state index contributed by atoms with van der Waals surface area (Å²) >= 11 is 0. The number of hydrogen-bond acceptors (Lipinski definition) is 8. The summed E-state index contributed by atoms with van der Waals surface area (Å²) < 4.78 is 32.8. The lowest BCUT2D eigenvalue weighted by atomic mass is 9.92. The molecule has 7 rings (SSSR count). The normalized spacial score (nSPS) is 21.1. The van der Waals surface area contributed by atoms with Crippen molar-refractivity contribution in [1.29, 1.82) is 0 Å². The van der Waals surface area contributed by atoms with Gasteiger partial charge in [-0.15, -0.1) is 0 Å². The summed E-state index contributed by atoms with van der Waals surface area (Å²) in [6.07, 6.45) is 2.64. The number of benzene rings is 2. The number of esters is 1. The number of piperidine rings is 1. The molecule has 3 aliphatic rings. The molecule has 1 fully saturated rings. The maximum Gasteiger partial charge on any atom is 0.339 e. The van der Waals surface area contributed by atoms with E-state index in [1.54, 1.807) is 0 Å². The van der Waals surface area contributed by atoms with Gasteiger partial charge in [-0.2, -0.15) is 0 Å². The average molecular weight is 656 g/mol. The lowest BCUT2D eigenvalue weighted by molar-refractivity contribution is -0.164. The molecule has 4 aromatic rings. The molecule has 9 heteroatoms. The zero-order chi connectivity index (χ0) is 34.2. The minimum atomic E-state index is -0.919. The maximum absolute atomic E-state index is 13.4. The Kier molecular flexibility index (Phi) is 9.57. The molecule has 0 N–H and O–H groups in total. The zero-order valence-electron chi connectivity index (χ0n) is 29.6. The molecule has 9 nitrogen and oxygen atoms in total. The Bertz CT molecular complexity index is 1780. The molecule has 0 aliphatic carbocycles. The van der Waals surface area contributed by atoms with Crippen molar-refractivity contribution in [2.24, 2.45) is 0 Å². The van der Waals surface area contributed by atoms with Gasteiger partial charge in [0.25, 0.3) is 0 Å². The Morgan fingerprint density at radius 3 is 2.52 bits per heavy atom. The molecule has 2 aromatic heterocycles. The third-order valence-electron chi connectivity index (χ3n) is 9.21. The van der Waals surface area contributed by atoms with Crippen LogP contribution in [-0.4, -0.2) is 72.7 Å². The van der Waals surface area contributed by atoms with Gasteiger partial charge >= 0.3 is 5.97 Å². The summed E-state index contributed by atoms with van der Waals surface area (Å²) in [7, 11) is 1.41. The predicted molar refractivity (Wildman–Crippen MR) is 188 cm³/mol. The molecule has 0 saturated carbocycles. The van der Waals surface area contributed by atoms with E-state index in [0.717, 1.165) is 82.2 Å². The molecule has 0 amide bonds.